The van der Waals surface area contributed by atoms with Crippen LogP contribution in [0.4, 0.5) is 0 Å². The fourth-order valence-electron chi connectivity index (χ4n) is 1.40. The smallest absolute Gasteiger partial charge is 0.127 e. The van der Waals surface area contributed by atoms with Crippen LogP contribution in [0.5, 0.6) is 11.5 Å². The Hall–Kier alpha value is -0.890. The monoisotopic (exact) mass is 226 g/mol. The van der Waals surface area contributed by atoms with Gasteiger partial charge >= 0.3 is 0 Å². The summed E-state index contributed by atoms with van der Waals surface area (Å²) in [7, 11) is 1.65. The van der Waals surface area contributed by atoms with Gasteiger partial charge in [-0.05, 0) is 24.8 Å². The van der Waals surface area contributed by atoms with Crippen molar-refractivity contribution in [1.29, 1.82) is 0 Å². The highest BCUT2D eigenvalue weighted by Gasteiger charge is 2.22. The summed E-state index contributed by atoms with van der Waals surface area (Å²) < 4.78 is 10.9. The predicted octanol–water partition coefficient (Wildman–Crippen LogP) is 3.22. The standard InChI is InChI=1S/C12H15ClO2/c1-14-11-5-4-10(7-13)12(6-11)15-8-9-2-3-9/h4-6,9H,2-3,7-8H2,1H3. The normalized spacial score (nSPS) is 15.1. The van der Waals surface area contributed by atoms with Gasteiger partial charge in [0.1, 0.15) is 11.5 Å². The number of rotatable bonds is 5. The summed E-state index contributed by atoms with van der Waals surface area (Å²) in [4.78, 5) is 0. The second-order valence-electron chi connectivity index (χ2n) is 3.86. The van der Waals surface area contributed by atoms with Crippen molar-refractivity contribution in [1.82, 2.24) is 0 Å². The highest BCUT2D eigenvalue weighted by molar-refractivity contribution is 6.17. The molecule has 0 unspecified atom stereocenters. The van der Waals surface area contributed by atoms with Gasteiger partial charge in [-0.25, -0.2) is 0 Å². The number of ether oxygens (including phenoxy) is 2. The molecule has 2 nitrogen and oxygen atoms in total. The van der Waals surface area contributed by atoms with Crippen molar-refractivity contribution in [3.8, 4) is 11.5 Å². The Kier molecular flexibility index (Phi) is 3.37. The number of alkyl halides is 1. The minimum absolute atomic E-state index is 0.476. The fourth-order valence-corrected chi connectivity index (χ4v) is 1.62. The lowest BCUT2D eigenvalue weighted by Gasteiger charge is -2.11. The van der Waals surface area contributed by atoms with Gasteiger partial charge in [0.05, 0.1) is 19.6 Å². The summed E-state index contributed by atoms with van der Waals surface area (Å²) in [6.45, 7) is 0.803. The van der Waals surface area contributed by atoms with Gasteiger partial charge in [0.25, 0.3) is 0 Å². The van der Waals surface area contributed by atoms with Crippen molar-refractivity contribution in [2.45, 2.75) is 18.7 Å². The van der Waals surface area contributed by atoms with E-state index in [0.717, 1.165) is 29.6 Å². The van der Waals surface area contributed by atoms with Gasteiger partial charge < -0.3 is 9.47 Å². The number of hydrogen-bond acceptors (Lipinski definition) is 2. The molecule has 15 heavy (non-hydrogen) atoms. The number of benzene rings is 1. The highest BCUT2D eigenvalue weighted by atomic mass is 35.5. The summed E-state index contributed by atoms with van der Waals surface area (Å²) >= 11 is 5.84. The maximum atomic E-state index is 5.84. The molecule has 0 aromatic heterocycles. The number of halogens is 1. The van der Waals surface area contributed by atoms with Crippen LogP contribution in [0.1, 0.15) is 18.4 Å². The molecule has 0 heterocycles. The Labute approximate surface area is 95.1 Å². The van der Waals surface area contributed by atoms with Crippen LogP contribution in [0, 0.1) is 5.92 Å². The molecule has 0 amide bonds. The first kappa shape index (κ1) is 10.6. The predicted molar refractivity (Wildman–Crippen MR) is 60.8 cm³/mol. The zero-order chi connectivity index (χ0) is 10.7. The van der Waals surface area contributed by atoms with Gasteiger partial charge in [0, 0.05) is 11.6 Å². The van der Waals surface area contributed by atoms with Crippen LogP contribution >= 0.6 is 11.6 Å². The Balaban J connectivity index is 2.08. The number of methoxy groups -OCH3 is 1. The van der Waals surface area contributed by atoms with E-state index in [2.05, 4.69) is 0 Å². The Morgan fingerprint density at radius 2 is 2.20 bits per heavy atom. The summed E-state index contributed by atoms with van der Waals surface area (Å²) in [6.07, 6.45) is 2.58. The third kappa shape index (κ3) is 2.78. The molecule has 0 radical (unpaired) electrons. The van der Waals surface area contributed by atoms with Crippen molar-refractivity contribution in [2.75, 3.05) is 13.7 Å². The van der Waals surface area contributed by atoms with Crippen molar-refractivity contribution in [3.63, 3.8) is 0 Å². The largest absolute Gasteiger partial charge is 0.497 e. The maximum absolute atomic E-state index is 5.84. The lowest BCUT2D eigenvalue weighted by atomic mass is 10.2. The van der Waals surface area contributed by atoms with Crippen LogP contribution < -0.4 is 9.47 Å². The summed E-state index contributed by atoms with van der Waals surface area (Å²) in [5.41, 5.74) is 1.03. The van der Waals surface area contributed by atoms with Gasteiger partial charge in [-0.3, -0.25) is 0 Å². The van der Waals surface area contributed by atoms with E-state index in [-0.39, 0.29) is 0 Å². The molecule has 2 rings (SSSR count). The van der Waals surface area contributed by atoms with Gasteiger partial charge in [0.15, 0.2) is 0 Å². The van der Waals surface area contributed by atoms with E-state index in [1.165, 1.54) is 12.8 Å². The molecule has 82 valence electrons. The van der Waals surface area contributed by atoms with E-state index < -0.39 is 0 Å². The van der Waals surface area contributed by atoms with Crippen molar-refractivity contribution >= 4 is 11.6 Å². The zero-order valence-electron chi connectivity index (χ0n) is 8.83. The van der Waals surface area contributed by atoms with Crippen LogP contribution in [0.25, 0.3) is 0 Å². The van der Waals surface area contributed by atoms with E-state index in [1.807, 2.05) is 18.2 Å². The molecule has 1 aromatic carbocycles. The van der Waals surface area contributed by atoms with Crippen LogP contribution in [0.15, 0.2) is 18.2 Å². The molecule has 1 aromatic rings. The molecule has 0 saturated heterocycles. The molecule has 0 spiro atoms. The quantitative estimate of drug-likeness (QED) is 0.718. The van der Waals surface area contributed by atoms with E-state index in [4.69, 9.17) is 21.1 Å². The van der Waals surface area contributed by atoms with Gasteiger partial charge in [-0.1, -0.05) is 6.07 Å². The number of hydrogen-bond donors (Lipinski definition) is 0. The highest BCUT2D eigenvalue weighted by Crippen LogP contribution is 2.32. The summed E-state index contributed by atoms with van der Waals surface area (Å²) in [6, 6.07) is 5.76. The first-order valence-corrected chi connectivity index (χ1v) is 5.72. The first-order valence-electron chi connectivity index (χ1n) is 5.19. The van der Waals surface area contributed by atoms with Crippen LogP contribution in [-0.2, 0) is 5.88 Å². The van der Waals surface area contributed by atoms with Crippen molar-refractivity contribution < 1.29 is 9.47 Å². The van der Waals surface area contributed by atoms with Gasteiger partial charge in [-0.15, -0.1) is 11.6 Å². The topological polar surface area (TPSA) is 18.5 Å². The van der Waals surface area contributed by atoms with Crippen LogP contribution in [0.2, 0.25) is 0 Å². The molecule has 0 atom stereocenters. The molecule has 3 heteroatoms. The summed E-state index contributed by atoms with van der Waals surface area (Å²) in [5, 5.41) is 0. The average molecular weight is 227 g/mol. The Morgan fingerprint density at radius 3 is 2.80 bits per heavy atom. The van der Waals surface area contributed by atoms with E-state index in [0.29, 0.717) is 5.88 Å². The first-order chi connectivity index (χ1) is 7.33. The maximum Gasteiger partial charge on any atom is 0.127 e. The summed E-state index contributed by atoms with van der Waals surface area (Å²) in [5.74, 6) is 2.90. The van der Waals surface area contributed by atoms with E-state index >= 15 is 0 Å². The second kappa shape index (κ2) is 4.75. The lowest BCUT2D eigenvalue weighted by molar-refractivity contribution is 0.295. The second-order valence-corrected chi connectivity index (χ2v) is 4.13. The van der Waals surface area contributed by atoms with E-state index in [9.17, 15) is 0 Å². The molecule has 0 aliphatic heterocycles. The zero-order valence-corrected chi connectivity index (χ0v) is 9.59. The van der Waals surface area contributed by atoms with Gasteiger partial charge in [-0.2, -0.15) is 0 Å². The average Bonchev–Trinajstić information content (AvgIpc) is 3.09. The third-order valence-electron chi connectivity index (χ3n) is 2.59. The third-order valence-corrected chi connectivity index (χ3v) is 2.88. The Morgan fingerprint density at radius 1 is 1.40 bits per heavy atom. The molecular formula is C12H15ClO2. The van der Waals surface area contributed by atoms with Crippen LogP contribution in [-0.4, -0.2) is 13.7 Å². The van der Waals surface area contributed by atoms with Gasteiger partial charge in [0.2, 0.25) is 0 Å². The Bertz CT molecular complexity index is 334. The SMILES string of the molecule is COc1ccc(CCl)c(OCC2CC2)c1. The molecular weight excluding hydrogens is 212 g/mol. The molecule has 1 aliphatic rings. The lowest BCUT2D eigenvalue weighted by Crippen LogP contribution is -2.01. The van der Waals surface area contributed by atoms with E-state index in [1.54, 1.807) is 7.11 Å². The van der Waals surface area contributed by atoms with Crippen molar-refractivity contribution in [2.24, 2.45) is 5.92 Å². The molecule has 1 saturated carbocycles. The van der Waals surface area contributed by atoms with Crippen LogP contribution in [0.3, 0.4) is 0 Å². The molecule has 1 aliphatic carbocycles. The minimum Gasteiger partial charge on any atom is -0.497 e. The van der Waals surface area contributed by atoms with Crippen molar-refractivity contribution in [3.05, 3.63) is 23.8 Å². The molecule has 0 N–H and O–H groups in total. The molecule has 0 bridgehead atoms. The fraction of sp³-hybridized carbons (Fsp3) is 0.500. The minimum atomic E-state index is 0.476. The molecule has 1 fully saturated rings.